The molecule has 2 N–H and O–H groups in total. The Morgan fingerprint density at radius 3 is 3.07 bits per heavy atom. The molecule has 0 spiro atoms. The van der Waals surface area contributed by atoms with Crippen molar-refractivity contribution in [1.29, 1.82) is 0 Å². The van der Waals surface area contributed by atoms with E-state index >= 15 is 0 Å². The number of aromatic nitrogens is 1. The number of nitrogens with zero attached hydrogens (tertiary/aromatic N) is 2. The summed E-state index contributed by atoms with van der Waals surface area (Å²) in [6, 6.07) is 3.75. The maximum Gasteiger partial charge on any atom is 0.222 e. The SMILES string of the molecule is Nc1ncccc1CN1CCCC1=O. The van der Waals surface area contributed by atoms with Crippen molar-refractivity contribution in [2.24, 2.45) is 0 Å². The van der Waals surface area contributed by atoms with Crippen LogP contribution in [0.25, 0.3) is 0 Å². The molecule has 1 amide bonds. The normalized spacial score (nSPS) is 16.3. The van der Waals surface area contributed by atoms with Crippen LogP contribution >= 0.6 is 0 Å². The minimum Gasteiger partial charge on any atom is -0.383 e. The summed E-state index contributed by atoms with van der Waals surface area (Å²) >= 11 is 0. The van der Waals surface area contributed by atoms with Crippen molar-refractivity contribution in [2.75, 3.05) is 12.3 Å². The van der Waals surface area contributed by atoms with Gasteiger partial charge >= 0.3 is 0 Å². The molecule has 1 saturated heterocycles. The summed E-state index contributed by atoms with van der Waals surface area (Å²) in [6.07, 6.45) is 3.28. The molecule has 0 unspecified atom stereocenters. The molecular weight excluding hydrogens is 178 g/mol. The van der Waals surface area contributed by atoms with Gasteiger partial charge in [0.05, 0.1) is 0 Å². The second kappa shape index (κ2) is 3.65. The van der Waals surface area contributed by atoms with Crippen molar-refractivity contribution in [3.63, 3.8) is 0 Å². The number of likely N-dealkylation sites (tertiary alicyclic amines) is 1. The molecular formula is C10H13N3O. The molecule has 0 bridgehead atoms. The van der Waals surface area contributed by atoms with Crippen LogP contribution in [0.5, 0.6) is 0 Å². The van der Waals surface area contributed by atoms with E-state index in [9.17, 15) is 4.79 Å². The van der Waals surface area contributed by atoms with E-state index in [-0.39, 0.29) is 5.91 Å². The molecule has 1 aliphatic rings. The third kappa shape index (κ3) is 1.69. The predicted octanol–water partition coefficient (Wildman–Crippen LogP) is 0.786. The monoisotopic (exact) mass is 191 g/mol. The molecule has 1 aliphatic heterocycles. The predicted molar refractivity (Wildman–Crippen MR) is 53.3 cm³/mol. The molecule has 0 saturated carbocycles. The largest absolute Gasteiger partial charge is 0.383 e. The standard InChI is InChI=1S/C10H13N3O/c11-10-8(3-1-5-12-10)7-13-6-2-4-9(13)14/h1,3,5H,2,4,6-7H2,(H2,11,12). The van der Waals surface area contributed by atoms with E-state index in [0.717, 1.165) is 18.5 Å². The van der Waals surface area contributed by atoms with E-state index in [1.165, 1.54) is 0 Å². The number of carbonyl (C=O) groups excluding carboxylic acids is 1. The molecule has 0 atom stereocenters. The average Bonchev–Trinajstić information content (AvgIpc) is 2.56. The summed E-state index contributed by atoms with van der Waals surface area (Å²) in [6.45, 7) is 1.44. The van der Waals surface area contributed by atoms with Gasteiger partial charge in [-0.3, -0.25) is 4.79 Å². The van der Waals surface area contributed by atoms with Crippen LogP contribution in [0, 0.1) is 0 Å². The zero-order valence-electron chi connectivity index (χ0n) is 7.94. The summed E-state index contributed by atoms with van der Waals surface area (Å²) in [5.41, 5.74) is 6.63. The van der Waals surface area contributed by atoms with E-state index in [0.29, 0.717) is 18.8 Å². The molecule has 0 radical (unpaired) electrons. The fraction of sp³-hybridized carbons (Fsp3) is 0.400. The molecule has 74 valence electrons. The average molecular weight is 191 g/mol. The topological polar surface area (TPSA) is 59.2 Å². The minimum absolute atomic E-state index is 0.216. The van der Waals surface area contributed by atoms with Crippen LogP contribution in [-0.4, -0.2) is 22.3 Å². The van der Waals surface area contributed by atoms with Gasteiger partial charge in [-0.25, -0.2) is 4.98 Å². The summed E-state index contributed by atoms with van der Waals surface area (Å²) in [5.74, 6) is 0.737. The van der Waals surface area contributed by atoms with Gasteiger partial charge in [-0.15, -0.1) is 0 Å². The van der Waals surface area contributed by atoms with Crippen molar-refractivity contribution in [3.05, 3.63) is 23.9 Å². The van der Waals surface area contributed by atoms with E-state index in [1.54, 1.807) is 6.20 Å². The maximum absolute atomic E-state index is 11.4. The molecule has 4 nitrogen and oxygen atoms in total. The highest BCUT2D eigenvalue weighted by Crippen LogP contribution is 2.16. The van der Waals surface area contributed by atoms with Crippen LogP contribution in [-0.2, 0) is 11.3 Å². The number of amides is 1. The molecule has 0 aliphatic carbocycles. The van der Waals surface area contributed by atoms with Crippen molar-refractivity contribution in [1.82, 2.24) is 9.88 Å². The zero-order valence-corrected chi connectivity index (χ0v) is 7.94. The van der Waals surface area contributed by atoms with Crippen LogP contribution < -0.4 is 5.73 Å². The molecule has 1 fully saturated rings. The molecule has 14 heavy (non-hydrogen) atoms. The van der Waals surface area contributed by atoms with Gasteiger partial charge in [0.2, 0.25) is 5.91 Å². The van der Waals surface area contributed by atoms with Crippen LogP contribution in [0.1, 0.15) is 18.4 Å². The molecule has 4 heteroatoms. The lowest BCUT2D eigenvalue weighted by atomic mass is 10.2. The summed E-state index contributed by atoms with van der Waals surface area (Å²) in [5, 5.41) is 0. The van der Waals surface area contributed by atoms with Crippen molar-refractivity contribution >= 4 is 11.7 Å². The van der Waals surface area contributed by atoms with Crippen molar-refractivity contribution < 1.29 is 4.79 Å². The number of nitrogens with two attached hydrogens (primary N) is 1. The Bertz CT molecular complexity index is 351. The Kier molecular flexibility index (Phi) is 2.35. The first-order valence-electron chi connectivity index (χ1n) is 4.74. The Morgan fingerprint density at radius 1 is 1.57 bits per heavy atom. The summed E-state index contributed by atoms with van der Waals surface area (Å²) in [7, 11) is 0. The van der Waals surface area contributed by atoms with E-state index in [1.807, 2.05) is 17.0 Å². The van der Waals surface area contributed by atoms with Crippen LogP contribution in [0.2, 0.25) is 0 Å². The lowest BCUT2D eigenvalue weighted by Gasteiger charge is -2.15. The molecule has 2 rings (SSSR count). The fourth-order valence-electron chi connectivity index (χ4n) is 1.66. The first-order chi connectivity index (χ1) is 6.77. The van der Waals surface area contributed by atoms with Crippen LogP contribution in [0.3, 0.4) is 0 Å². The Hall–Kier alpha value is -1.58. The highest BCUT2D eigenvalue weighted by atomic mass is 16.2. The van der Waals surface area contributed by atoms with Gasteiger partial charge in [0.25, 0.3) is 0 Å². The Balaban J connectivity index is 2.10. The minimum atomic E-state index is 0.216. The number of rotatable bonds is 2. The lowest BCUT2D eigenvalue weighted by Crippen LogP contribution is -2.24. The number of carbonyl (C=O) groups is 1. The number of hydrogen-bond acceptors (Lipinski definition) is 3. The van der Waals surface area contributed by atoms with Crippen molar-refractivity contribution in [2.45, 2.75) is 19.4 Å². The summed E-state index contributed by atoms with van der Waals surface area (Å²) < 4.78 is 0. The third-order valence-electron chi connectivity index (χ3n) is 2.46. The number of nitrogen functional groups attached to an aromatic ring is 1. The van der Waals surface area contributed by atoms with Crippen molar-refractivity contribution in [3.8, 4) is 0 Å². The second-order valence-corrected chi connectivity index (χ2v) is 3.47. The molecule has 2 heterocycles. The molecule has 0 aromatic carbocycles. The van der Waals surface area contributed by atoms with Gasteiger partial charge in [0.1, 0.15) is 5.82 Å². The third-order valence-corrected chi connectivity index (χ3v) is 2.46. The van der Waals surface area contributed by atoms with Gasteiger partial charge in [0.15, 0.2) is 0 Å². The van der Waals surface area contributed by atoms with Gasteiger partial charge < -0.3 is 10.6 Å². The van der Waals surface area contributed by atoms with E-state index in [4.69, 9.17) is 5.73 Å². The van der Waals surface area contributed by atoms with Gasteiger partial charge in [-0.2, -0.15) is 0 Å². The number of pyridine rings is 1. The molecule has 1 aromatic heterocycles. The van der Waals surface area contributed by atoms with E-state index in [2.05, 4.69) is 4.98 Å². The fourth-order valence-corrected chi connectivity index (χ4v) is 1.66. The van der Waals surface area contributed by atoms with Gasteiger partial charge in [-0.1, -0.05) is 6.07 Å². The zero-order chi connectivity index (χ0) is 9.97. The quantitative estimate of drug-likeness (QED) is 0.751. The first kappa shape index (κ1) is 8.99. The molecule has 1 aromatic rings. The number of hydrogen-bond donors (Lipinski definition) is 1. The lowest BCUT2D eigenvalue weighted by molar-refractivity contribution is -0.128. The van der Waals surface area contributed by atoms with E-state index < -0.39 is 0 Å². The first-order valence-corrected chi connectivity index (χ1v) is 4.74. The number of anilines is 1. The second-order valence-electron chi connectivity index (χ2n) is 3.47. The van der Waals surface area contributed by atoms with Crippen LogP contribution in [0.4, 0.5) is 5.82 Å². The maximum atomic E-state index is 11.4. The Morgan fingerprint density at radius 2 is 2.43 bits per heavy atom. The smallest absolute Gasteiger partial charge is 0.222 e. The highest BCUT2D eigenvalue weighted by molar-refractivity contribution is 5.78. The Labute approximate surface area is 82.7 Å². The van der Waals surface area contributed by atoms with Gasteiger partial charge in [0, 0.05) is 31.3 Å². The van der Waals surface area contributed by atoms with Crippen LogP contribution in [0.15, 0.2) is 18.3 Å². The summed E-state index contributed by atoms with van der Waals surface area (Å²) in [4.78, 5) is 17.2. The van der Waals surface area contributed by atoms with Gasteiger partial charge in [-0.05, 0) is 12.5 Å². The highest BCUT2D eigenvalue weighted by Gasteiger charge is 2.20.